The van der Waals surface area contributed by atoms with Crippen LogP contribution < -0.4 is 0 Å². The zero-order chi connectivity index (χ0) is 18.9. The summed E-state index contributed by atoms with van der Waals surface area (Å²) in [7, 11) is 0. The van der Waals surface area contributed by atoms with E-state index in [0.717, 1.165) is 77.0 Å². The highest BCUT2D eigenvalue weighted by Gasteiger charge is 2.21. The SMILES string of the molecule is CCCCC(CCCC)OC(=O)OC(=O)OC(CCCC)CCCC. The lowest BCUT2D eigenvalue weighted by atomic mass is 10.1. The maximum Gasteiger partial charge on any atom is 0.518 e. The van der Waals surface area contributed by atoms with Crippen molar-refractivity contribution in [2.45, 2.75) is 117 Å². The van der Waals surface area contributed by atoms with Crippen LogP contribution in [0.2, 0.25) is 0 Å². The normalized spacial score (nSPS) is 11.0. The van der Waals surface area contributed by atoms with Crippen LogP contribution in [-0.4, -0.2) is 24.5 Å². The summed E-state index contributed by atoms with van der Waals surface area (Å²) in [5.41, 5.74) is 0. The van der Waals surface area contributed by atoms with E-state index in [1.807, 2.05) is 0 Å². The Morgan fingerprint density at radius 3 is 1.12 bits per heavy atom. The minimum atomic E-state index is -0.938. The Bertz CT molecular complexity index is 295. The van der Waals surface area contributed by atoms with Gasteiger partial charge in [0.15, 0.2) is 0 Å². The van der Waals surface area contributed by atoms with Gasteiger partial charge in [0.2, 0.25) is 0 Å². The van der Waals surface area contributed by atoms with E-state index < -0.39 is 12.3 Å². The fourth-order valence-corrected chi connectivity index (χ4v) is 2.64. The monoisotopic (exact) mass is 358 g/mol. The van der Waals surface area contributed by atoms with Crippen LogP contribution in [0.1, 0.15) is 105 Å². The maximum absolute atomic E-state index is 11.9. The van der Waals surface area contributed by atoms with E-state index in [9.17, 15) is 9.59 Å². The Morgan fingerprint density at radius 2 is 0.880 bits per heavy atom. The minimum absolute atomic E-state index is 0.184. The molecule has 0 saturated carbocycles. The first-order valence-corrected chi connectivity index (χ1v) is 10.2. The summed E-state index contributed by atoms with van der Waals surface area (Å²) >= 11 is 0. The largest absolute Gasteiger partial charge is 0.518 e. The zero-order valence-corrected chi connectivity index (χ0v) is 16.7. The van der Waals surface area contributed by atoms with Crippen LogP contribution in [0.5, 0.6) is 0 Å². The Kier molecular flexibility index (Phi) is 15.4. The molecule has 5 heteroatoms. The van der Waals surface area contributed by atoms with Gasteiger partial charge in [-0.15, -0.1) is 0 Å². The molecule has 0 saturated heterocycles. The van der Waals surface area contributed by atoms with E-state index in [4.69, 9.17) is 14.2 Å². The average Bonchev–Trinajstić information content (AvgIpc) is 2.59. The molecule has 0 aromatic heterocycles. The second-order valence-corrected chi connectivity index (χ2v) is 6.65. The van der Waals surface area contributed by atoms with Gasteiger partial charge in [0.05, 0.1) is 0 Å². The fourth-order valence-electron chi connectivity index (χ4n) is 2.64. The van der Waals surface area contributed by atoms with Crippen molar-refractivity contribution < 1.29 is 23.8 Å². The van der Waals surface area contributed by atoms with Gasteiger partial charge < -0.3 is 14.2 Å². The molecular formula is C20H38O5. The highest BCUT2D eigenvalue weighted by atomic mass is 16.8. The summed E-state index contributed by atoms with van der Waals surface area (Å²) in [6.07, 6.45) is 9.08. The van der Waals surface area contributed by atoms with Gasteiger partial charge in [-0.05, 0) is 25.7 Å². The number of carbonyl (C=O) groups excluding carboxylic acids is 2. The first kappa shape index (κ1) is 23.7. The molecule has 148 valence electrons. The summed E-state index contributed by atoms with van der Waals surface area (Å²) < 4.78 is 15.3. The van der Waals surface area contributed by atoms with E-state index in [0.29, 0.717) is 0 Å². The summed E-state index contributed by atoms with van der Waals surface area (Å²) in [6, 6.07) is 0. The quantitative estimate of drug-likeness (QED) is 0.253. The third-order valence-corrected chi connectivity index (χ3v) is 4.21. The topological polar surface area (TPSA) is 61.8 Å². The van der Waals surface area contributed by atoms with Crippen molar-refractivity contribution in [3.8, 4) is 0 Å². The second-order valence-electron chi connectivity index (χ2n) is 6.65. The molecule has 0 atom stereocenters. The molecule has 0 unspecified atom stereocenters. The molecule has 0 bridgehead atoms. The molecule has 0 heterocycles. The van der Waals surface area contributed by atoms with Crippen LogP contribution in [0.25, 0.3) is 0 Å². The molecule has 0 fully saturated rings. The van der Waals surface area contributed by atoms with Crippen molar-refractivity contribution in [2.75, 3.05) is 0 Å². The molecule has 0 aromatic carbocycles. The smallest absolute Gasteiger partial charge is 0.431 e. The molecule has 0 N–H and O–H groups in total. The van der Waals surface area contributed by atoms with Gasteiger partial charge in [0, 0.05) is 0 Å². The van der Waals surface area contributed by atoms with Gasteiger partial charge in [0.25, 0.3) is 0 Å². The molecule has 0 aliphatic heterocycles. The molecule has 0 aromatic rings. The molecule has 0 aliphatic carbocycles. The minimum Gasteiger partial charge on any atom is -0.431 e. The first-order valence-electron chi connectivity index (χ1n) is 10.2. The number of hydrogen-bond acceptors (Lipinski definition) is 5. The second kappa shape index (κ2) is 16.2. The summed E-state index contributed by atoms with van der Waals surface area (Å²) in [5.74, 6) is 0. The van der Waals surface area contributed by atoms with Crippen LogP contribution in [0.3, 0.4) is 0 Å². The van der Waals surface area contributed by atoms with Gasteiger partial charge >= 0.3 is 12.3 Å². The van der Waals surface area contributed by atoms with E-state index in [1.54, 1.807) is 0 Å². The van der Waals surface area contributed by atoms with Crippen molar-refractivity contribution >= 4 is 12.3 Å². The van der Waals surface area contributed by atoms with E-state index in [2.05, 4.69) is 27.7 Å². The third kappa shape index (κ3) is 13.7. The van der Waals surface area contributed by atoms with Gasteiger partial charge in [-0.1, -0.05) is 79.1 Å². The summed E-state index contributed by atoms with van der Waals surface area (Å²) in [6.45, 7) is 8.39. The molecular weight excluding hydrogens is 320 g/mol. The summed E-state index contributed by atoms with van der Waals surface area (Å²) in [5, 5.41) is 0. The maximum atomic E-state index is 11.9. The molecule has 25 heavy (non-hydrogen) atoms. The molecule has 0 aliphatic rings. The van der Waals surface area contributed by atoms with Gasteiger partial charge in [-0.3, -0.25) is 0 Å². The Morgan fingerprint density at radius 1 is 0.600 bits per heavy atom. The van der Waals surface area contributed by atoms with Crippen LogP contribution >= 0.6 is 0 Å². The Balaban J connectivity index is 4.34. The number of rotatable bonds is 14. The first-order chi connectivity index (χ1) is 12.1. The van der Waals surface area contributed by atoms with Crippen LogP contribution in [0.4, 0.5) is 9.59 Å². The fraction of sp³-hybridized carbons (Fsp3) is 0.900. The van der Waals surface area contributed by atoms with Crippen LogP contribution in [0.15, 0.2) is 0 Å². The summed E-state index contributed by atoms with van der Waals surface area (Å²) in [4.78, 5) is 23.7. The Labute approximate surface area is 153 Å². The van der Waals surface area contributed by atoms with E-state index >= 15 is 0 Å². The lowest BCUT2D eigenvalue weighted by molar-refractivity contribution is -0.00497. The number of ether oxygens (including phenoxy) is 3. The highest BCUT2D eigenvalue weighted by Crippen LogP contribution is 2.16. The van der Waals surface area contributed by atoms with Crippen molar-refractivity contribution in [3.63, 3.8) is 0 Å². The van der Waals surface area contributed by atoms with Crippen molar-refractivity contribution in [1.29, 1.82) is 0 Å². The predicted octanol–water partition coefficient (Wildman–Crippen LogP) is 6.77. The van der Waals surface area contributed by atoms with Gasteiger partial charge in [0.1, 0.15) is 12.2 Å². The average molecular weight is 359 g/mol. The van der Waals surface area contributed by atoms with Crippen molar-refractivity contribution in [2.24, 2.45) is 0 Å². The van der Waals surface area contributed by atoms with Crippen molar-refractivity contribution in [3.05, 3.63) is 0 Å². The van der Waals surface area contributed by atoms with Gasteiger partial charge in [-0.2, -0.15) is 0 Å². The molecule has 5 nitrogen and oxygen atoms in total. The lowest BCUT2D eigenvalue weighted by Crippen LogP contribution is -2.25. The molecule has 0 spiro atoms. The van der Waals surface area contributed by atoms with Crippen LogP contribution in [0, 0.1) is 0 Å². The highest BCUT2D eigenvalue weighted by molar-refractivity contribution is 5.77. The molecule has 0 rings (SSSR count). The van der Waals surface area contributed by atoms with Gasteiger partial charge in [-0.25, -0.2) is 9.59 Å². The number of hydrogen-bond donors (Lipinski definition) is 0. The lowest BCUT2D eigenvalue weighted by Gasteiger charge is -2.18. The van der Waals surface area contributed by atoms with E-state index in [-0.39, 0.29) is 12.2 Å². The number of carbonyl (C=O) groups is 2. The third-order valence-electron chi connectivity index (χ3n) is 4.21. The standard InChI is InChI=1S/C20H38O5/c1-5-9-13-17(14-10-6-2)23-19(21)25-20(22)24-18(15-11-7-3)16-12-8-4/h17-18H,5-16H2,1-4H3. The Hall–Kier alpha value is -1.26. The van der Waals surface area contributed by atoms with Crippen molar-refractivity contribution in [1.82, 2.24) is 0 Å². The predicted molar refractivity (Wildman–Crippen MR) is 99.7 cm³/mol. The zero-order valence-electron chi connectivity index (χ0n) is 16.7. The molecule has 0 radical (unpaired) electrons. The van der Waals surface area contributed by atoms with Crippen LogP contribution in [-0.2, 0) is 14.2 Å². The molecule has 0 amide bonds. The number of unbranched alkanes of at least 4 members (excludes halogenated alkanes) is 4. The van der Waals surface area contributed by atoms with E-state index in [1.165, 1.54) is 0 Å².